The molecule has 7 nitrogen and oxygen atoms in total. The highest BCUT2D eigenvalue weighted by Crippen LogP contribution is 2.31. The first kappa shape index (κ1) is 16.6. The summed E-state index contributed by atoms with van der Waals surface area (Å²) in [4.78, 5) is 22.5. The Morgan fingerprint density at radius 3 is 2.40 bits per heavy atom. The molecule has 0 aromatic heterocycles. The van der Waals surface area contributed by atoms with E-state index < -0.39 is 48.7 Å². The molecule has 1 rings (SSSR count). The van der Waals surface area contributed by atoms with Crippen molar-refractivity contribution in [2.75, 3.05) is 0 Å². The van der Waals surface area contributed by atoms with E-state index in [1.54, 1.807) is 6.08 Å². The first-order chi connectivity index (χ1) is 9.15. The molecule has 0 aromatic rings. The molecule has 4 N–H and O–H groups in total. The molecule has 1 aliphatic rings. The zero-order valence-corrected chi connectivity index (χ0v) is 11.4. The molecule has 0 aromatic carbocycles. The average molecular weight is 288 g/mol. The number of aliphatic hydroxyl groups is 3. The Bertz CT molecular complexity index is 404. The molecule has 1 aliphatic carbocycles. The maximum absolute atomic E-state index is 11.5. The van der Waals surface area contributed by atoms with Crippen LogP contribution in [0.1, 0.15) is 26.7 Å². The standard InChI is InChI=1S/C13H20O7/c1-7(2)3-4-10(15)20-9-6-13(19,12(17)18)5-8(14)11(9)16/h3-4,7-9,11,14,16,19H,5-6H2,1-2H3,(H,17,18)/b4-3+/t8-,9-,11-,13+/m1/s1. The molecular formula is C13H20O7. The van der Waals surface area contributed by atoms with E-state index in [2.05, 4.69) is 0 Å². The number of carboxylic acids is 1. The fourth-order valence-corrected chi connectivity index (χ4v) is 2.00. The third-order valence-electron chi connectivity index (χ3n) is 3.14. The molecule has 1 saturated carbocycles. The van der Waals surface area contributed by atoms with Gasteiger partial charge in [0.25, 0.3) is 0 Å². The maximum Gasteiger partial charge on any atom is 0.335 e. The summed E-state index contributed by atoms with van der Waals surface area (Å²) >= 11 is 0. The van der Waals surface area contributed by atoms with Gasteiger partial charge >= 0.3 is 11.9 Å². The molecule has 0 spiro atoms. The summed E-state index contributed by atoms with van der Waals surface area (Å²) in [6.07, 6.45) is -2.41. The van der Waals surface area contributed by atoms with Crippen molar-refractivity contribution in [3.05, 3.63) is 12.2 Å². The van der Waals surface area contributed by atoms with Crippen molar-refractivity contribution in [1.82, 2.24) is 0 Å². The van der Waals surface area contributed by atoms with Crippen LogP contribution in [0.4, 0.5) is 0 Å². The van der Waals surface area contributed by atoms with Crippen LogP contribution in [0.15, 0.2) is 12.2 Å². The number of aliphatic carboxylic acids is 1. The number of hydrogen-bond donors (Lipinski definition) is 4. The summed E-state index contributed by atoms with van der Waals surface area (Å²) in [5.41, 5.74) is -2.22. The number of carbonyl (C=O) groups excluding carboxylic acids is 1. The third-order valence-corrected chi connectivity index (χ3v) is 3.14. The molecule has 4 atom stereocenters. The van der Waals surface area contributed by atoms with Gasteiger partial charge in [0.2, 0.25) is 0 Å². The van der Waals surface area contributed by atoms with Crippen molar-refractivity contribution in [2.24, 2.45) is 5.92 Å². The van der Waals surface area contributed by atoms with Crippen LogP contribution < -0.4 is 0 Å². The predicted octanol–water partition coefficient (Wildman–Crippen LogP) is -0.558. The minimum atomic E-state index is -2.22. The second kappa shape index (κ2) is 6.34. The quantitative estimate of drug-likeness (QED) is 0.404. The van der Waals surface area contributed by atoms with Crippen LogP contribution in [0.2, 0.25) is 0 Å². The van der Waals surface area contributed by atoms with Gasteiger partial charge in [-0.15, -0.1) is 0 Å². The molecule has 0 aliphatic heterocycles. The van der Waals surface area contributed by atoms with Gasteiger partial charge in [0, 0.05) is 18.9 Å². The van der Waals surface area contributed by atoms with Gasteiger partial charge in [0.15, 0.2) is 5.60 Å². The molecule has 7 heteroatoms. The monoisotopic (exact) mass is 288 g/mol. The fraction of sp³-hybridized carbons (Fsp3) is 0.692. The van der Waals surface area contributed by atoms with Gasteiger partial charge < -0.3 is 25.2 Å². The summed E-state index contributed by atoms with van der Waals surface area (Å²) < 4.78 is 4.91. The number of aliphatic hydroxyl groups excluding tert-OH is 2. The molecule has 0 radical (unpaired) electrons. The minimum Gasteiger partial charge on any atom is -0.479 e. The van der Waals surface area contributed by atoms with Crippen molar-refractivity contribution in [3.8, 4) is 0 Å². The smallest absolute Gasteiger partial charge is 0.335 e. The van der Waals surface area contributed by atoms with Gasteiger partial charge in [-0.3, -0.25) is 0 Å². The van der Waals surface area contributed by atoms with E-state index in [-0.39, 0.29) is 5.92 Å². The minimum absolute atomic E-state index is 0.125. The van der Waals surface area contributed by atoms with E-state index in [9.17, 15) is 24.9 Å². The van der Waals surface area contributed by atoms with E-state index in [0.717, 1.165) is 6.08 Å². The maximum atomic E-state index is 11.5. The summed E-state index contributed by atoms with van der Waals surface area (Å²) in [5.74, 6) is -2.16. The Balaban J connectivity index is 2.77. The average Bonchev–Trinajstić information content (AvgIpc) is 2.32. The van der Waals surface area contributed by atoms with Crippen molar-refractivity contribution in [3.63, 3.8) is 0 Å². The Kier molecular flexibility index (Phi) is 5.27. The number of carbonyl (C=O) groups is 2. The molecule has 0 heterocycles. The lowest BCUT2D eigenvalue weighted by Crippen LogP contribution is -2.57. The normalized spacial score (nSPS) is 34.4. The van der Waals surface area contributed by atoms with Crippen molar-refractivity contribution >= 4 is 11.9 Å². The Morgan fingerprint density at radius 2 is 1.90 bits per heavy atom. The number of ether oxygens (including phenoxy) is 1. The molecule has 20 heavy (non-hydrogen) atoms. The number of allylic oxidation sites excluding steroid dienone is 1. The molecule has 1 fully saturated rings. The Labute approximate surface area is 116 Å². The lowest BCUT2D eigenvalue weighted by molar-refractivity contribution is -0.196. The lowest BCUT2D eigenvalue weighted by atomic mass is 9.79. The van der Waals surface area contributed by atoms with Gasteiger partial charge in [-0.05, 0) is 5.92 Å². The summed E-state index contributed by atoms with van der Waals surface area (Å²) in [5, 5.41) is 38.1. The SMILES string of the molecule is CC(C)/C=C/C(=O)O[C@@H]1C[C@](O)(C(=O)O)C[C@@H](O)[C@H]1O. The zero-order valence-electron chi connectivity index (χ0n) is 11.4. The molecule has 0 unspecified atom stereocenters. The molecular weight excluding hydrogens is 268 g/mol. The van der Waals surface area contributed by atoms with Crippen LogP contribution in [0, 0.1) is 5.92 Å². The van der Waals surface area contributed by atoms with Crippen LogP contribution in [-0.2, 0) is 14.3 Å². The second-order valence-corrected chi connectivity index (χ2v) is 5.38. The van der Waals surface area contributed by atoms with Gasteiger partial charge in [-0.2, -0.15) is 0 Å². The van der Waals surface area contributed by atoms with Crippen LogP contribution in [0.3, 0.4) is 0 Å². The summed E-state index contributed by atoms with van der Waals surface area (Å²) in [7, 11) is 0. The van der Waals surface area contributed by atoms with Gasteiger partial charge in [0.1, 0.15) is 12.2 Å². The number of carboxylic acid groups (broad SMARTS) is 1. The van der Waals surface area contributed by atoms with Crippen LogP contribution in [0.25, 0.3) is 0 Å². The first-order valence-electron chi connectivity index (χ1n) is 6.36. The lowest BCUT2D eigenvalue weighted by Gasteiger charge is -2.39. The largest absolute Gasteiger partial charge is 0.479 e. The predicted molar refractivity (Wildman–Crippen MR) is 67.7 cm³/mol. The summed E-state index contributed by atoms with van der Waals surface area (Å²) in [6.45, 7) is 3.71. The fourth-order valence-electron chi connectivity index (χ4n) is 2.00. The number of rotatable bonds is 4. The zero-order chi connectivity index (χ0) is 15.5. The van der Waals surface area contributed by atoms with E-state index in [4.69, 9.17) is 9.84 Å². The van der Waals surface area contributed by atoms with E-state index in [1.807, 2.05) is 13.8 Å². The van der Waals surface area contributed by atoms with Crippen molar-refractivity contribution < 1.29 is 34.8 Å². The van der Waals surface area contributed by atoms with Gasteiger partial charge in [0.05, 0.1) is 6.10 Å². The van der Waals surface area contributed by atoms with Crippen LogP contribution in [0.5, 0.6) is 0 Å². The number of hydrogen-bond acceptors (Lipinski definition) is 6. The Morgan fingerprint density at radius 1 is 1.30 bits per heavy atom. The van der Waals surface area contributed by atoms with Gasteiger partial charge in [-0.25, -0.2) is 9.59 Å². The molecule has 114 valence electrons. The van der Waals surface area contributed by atoms with Crippen LogP contribution in [-0.4, -0.2) is 56.3 Å². The second-order valence-electron chi connectivity index (χ2n) is 5.38. The van der Waals surface area contributed by atoms with E-state index in [1.165, 1.54) is 0 Å². The van der Waals surface area contributed by atoms with Crippen molar-refractivity contribution in [2.45, 2.75) is 50.6 Å². The molecule has 0 amide bonds. The number of esters is 1. The highest BCUT2D eigenvalue weighted by Gasteiger charge is 2.50. The molecule has 0 saturated heterocycles. The topological polar surface area (TPSA) is 124 Å². The van der Waals surface area contributed by atoms with E-state index in [0.29, 0.717) is 0 Å². The third kappa shape index (κ3) is 4.03. The Hall–Kier alpha value is -1.44. The summed E-state index contributed by atoms with van der Waals surface area (Å²) in [6, 6.07) is 0. The van der Waals surface area contributed by atoms with Gasteiger partial charge in [-0.1, -0.05) is 19.9 Å². The molecule has 0 bridgehead atoms. The highest BCUT2D eigenvalue weighted by molar-refractivity contribution is 5.82. The van der Waals surface area contributed by atoms with Crippen molar-refractivity contribution in [1.29, 1.82) is 0 Å². The van der Waals surface area contributed by atoms with E-state index >= 15 is 0 Å². The first-order valence-corrected chi connectivity index (χ1v) is 6.36. The highest BCUT2D eigenvalue weighted by atomic mass is 16.6. The van der Waals surface area contributed by atoms with Crippen LogP contribution >= 0.6 is 0 Å².